The van der Waals surface area contributed by atoms with Gasteiger partial charge in [-0.3, -0.25) is 0 Å². The van der Waals surface area contributed by atoms with Crippen molar-refractivity contribution in [3.05, 3.63) is 35.6 Å². The van der Waals surface area contributed by atoms with Gasteiger partial charge in [-0.2, -0.15) is 0 Å². The van der Waals surface area contributed by atoms with E-state index in [4.69, 9.17) is 0 Å². The van der Waals surface area contributed by atoms with E-state index in [0.29, 0.717) is 6.04 Å². The minimum atomic E-state index is -0.131. The highest BCUT2D eigenvalue weighted by atomic mass is 19.1. The maximum atomic E-state index is 13.0. The van der Waals surface area contributed by atoms with Crippen LogP contribution in [0.25, 0.3) is 0 Å². The largest absolute Gasteiger partial charge is 0.310 e. The molecule has 0 amide bonds. The first-order valence-electron chi connectivity index (χ1n) is 5.35. The summed E-state index contributed by atoms with van der Waals surface area (Å²) < 4.78 is 13.0. The Balaban J connectivity index is 2.12. The van der Waals surface area contributed by atoms with Gasteiger partial charge in [0.05, 0.1) is 0 Å². The molecular formula is C12H16FN. The van der Waals surface area contributed by atoms with Gasteiger partial charge in [-0.1, -0.05) is 25.0 Å². The molecule has 1 saturated heterocycles. The van der Waals surface area contributed by atoms with Crippen molar-refractivity contribution in [3.63, 3.8) is 0 Å². The number of hydrogen-bond donors (Lipinski definition) is 1. The van der Waals surface area contributed by atoms with Crippen molar-refractivity contribution in [1.29, 1.82) is 0 Å². The molecule has 0 saturated carbocycles. The third kappa shape index (κ3) is 2.32. The van der Waals surface area contributed by atoms with Crippen LogP contribution in [0.5, 0.6) is 0 Å². The summed E-state index contributed by atoms with van der Waals surface area (Å²) in [7, 11) is 0. The molecule has 0 aliphatic carbocycles. The predicted octanol–water partition coefficient (Wildman–Crippen LogP) is 3.03. The zero-order valence-electron chi connectivity index (χ0n) is 8.30. The topological polar surface area (TPSA) is 12.0 Å². The smallest absolute Gasteiger partial charge is 0.123 e. The summed E-state index contributed by atoms with van der Waals surface area (Å²) >= 11 is 0. The fraction of sp³-hybridized carbons (Fsp3) is 0.500. The summed E-state index contributed by atoms with van der Waals surface area (Å²) in [5.41, 5.74) is 1.09. The Labute approximate surface area is 84.3 Å². The fourth-order valence-electron chi connectivity index (χ4n) is 2.04. The molecule has 2 heteroatoms. The molecule has 0 spiro atoms. The molecule has 1 heterocycles. The van der Waals surface area contributed by atoms with Crippen LogP contribution in [0.15, 0.2) is 24.3 Å². The van der Waals surface area contributed by atoms with Crippen molar-refractivity contribution >= 4 is 0 Å². The summed E-state index contributed by atoms with van der Waals surface area (Å²) in [5.74, 6) is -0.131. The van der Waals surface area contributed by atoms with E-state index in [9.17, 15) is 4.39 Å². The fourth-order valence-corrected chi connectivity index (χ4v) is 2.04. The Bertz CT molecular complexity index is 290. The Kier molecular flexibility index (Phi) is 3.14. The summed E-state index contributed by atoms with van der Waals surface area (Å²) in [4.78, 5) is 0. The summed E-state index contributed by atoms with van der Waals surface area (Å²) in [5, 5.41) is 3.46. The molecule has 1 aromatic carbocycles. The van der Waals surface area contributed by atoms with Crippen LogP contribution >= 0.6 is 0 Å². The highest BCUT2D eigenvalue weighted by Crippen LogP contribution is 2.22. The molecule has 1 fully saturated rings. The van der Waals surface area contributed by atoms with Crippen molar-refractivity contribution in [2.24, 2.45) is 0 Å². The van der Waals surface area contributed by atoms with Crippen LogP contribution in [0.3, 0.4) is 0 Å². The molecule has 76 valence electrons. The molecule has 1 N–H and O–H groups in total. The van der Waals surface area contributed by atoms with Crippen molar-refractivity contribution in [1.82, 2.24) is 5.32 Å². The average Bonchev–Trinajstić information content (AvgIpc) is 2.45. The summed E-state index contributed by atoms with van der Waals surface area (Å²) in [6, 6.07) is 7.29. The van der Waals surface area contributed by atoms with Crippen LogP contribution in [-0.4, -0.2) is 6.54 Å². The Morgan fingerprint density at radius 3 is 3.00 bits per heavy atom. The van der Waals surface area contributed by atoms with Gasteiger partial charge in [0.2, 0.25) is 0 Å². The molecule has 1 aliphatic rings. The van der Waals surface area contributed by atoms with Crippen LogP contribution in [0, 0.1) is 5.82 Å². The monoisotopic (exact) mass is 193 g/mol. The summed E-state index contributed by atoms with van der Waals surface area (Å²) in [6.45, 7) is 1.06. The van der Waals surface area contributed by atoms with Gasteiger partial charge in [0.1, 0.15) is 5.82 Å². The number of rotatable bonds is 1. The van der Waals surface area contributed by atoms with E-state index in [1.165, 1.54) is 25.3 Å². The van der Waals surface area contributed by atoms with Crippen LogP contribution in [0.4, 0.5) is 4.39 Å². The molecule has 1 atom stereocenters. The van der Waals surface area contributed by atoms with Gasteiger partial charge in [-0.25, -0.2) is 4.39 Å². The van der Waals surface area contributed by atoms with E-state index in [-0.39, 0.29) is 5.82 Å². The number of halogens is 1. The lowest BCUT2D eigenvalue weighted by Crippen LogP contribution is -2.20. The van der Waals surface area contributed by atoms with Gasteiger partial charge < -0.3 is 5.32 Å². The van der Waals surface area contributed by atoms with Crippen LogP contribution in [0.1, 0.15) is 37.3 Å². The Morgan fingerprint density at radius 1 is 1.21 bits per heavy atom. The second-order valence-corrected chi connectivity index (χ2v) is 3.91. The van der Waals surface area contributed by atoms with Crippen molar-refractivity contribution < 1.29 is 4.39 Å². The molecule has 14 heavy (non-hydrogen) atoms. The van der Waals surface area contributed by atoms with Crippen molar-refractivity contribution in [2.75, 3.05) is 6.54 Å². The van der Waals surface area contributed by atoms with Crippen molar-refractivity contribution in [2.45, 2.75) is 31.7 Å². The SMILES string of the molecule is Fc1cccc(C2CCCCCN2)c1. The van der Waals surface area contributed by atoms with E-state index in [2.05, 4.69) is 5.32 Å². The summed E-state index contributed by atoms with van der Waals surface area (Å²) in [6.07, 6.45) is 4.91. The van der Waals surface area contributed by atoms with Crippen LogP contribution < -0.4 is 5.32 Å². The van der Waals surface area contributed by atoms with Gasteiger partial charge in [-0.15, -0.1) is 0 Å². The molecule has 2 rings (SSSR count). The first kappa shape index (κ1) is 9.66. The predicted molar refractivity (Wildman–Crippen MR) is 55.6 cm³/mol. The maximum Gasteiger partial charge on any atom is 0.123 e. The molecule has 1 nitrogen and oxygen atoms in total. The standard InChI is InChI=1S/C12H16FN/c13-11-6-4-5-10(9-11)12-7-2-1-3-8-14-12/h4-6,9,12,14H,1-3,7-8H2. The van der Waals surface area contributed by atoms with Gasteiger partial charge in [-0.05, 0) is 37.1 Å². The molecule has 0 aromatic heterocycles. The lowest BCUT2D eigenvalue weighted by molar-refractivity contribution is 0.529. The van der Waals surface area contributed by atoms with Gasteiger partial charge in [0.25, 0.3) is 0 Å². The zero-order chi connectivity index (χ0) is 9.80. The molecule has 1 aliphatic heterocycles. The third-order valence-corrected chi connectivity index (χ3v) is 2.81. The van der Waals surface area contributed by atoms with E-state index in [0.717, 1.165) is 18.5 Å². The van der Waals surface area contributed by atoms with E-state index < -0.39 is 0 Å². The third-order valence-electron chi connectivity index (χ3n) is 2.81. The molecular weight excluding hydrogens is 177 g/mol. The quantitative estimate of drug-likeness (QED) is 0.723. The first-order valence-corrected chi connectivity index (χ1v) is 5.35. The highest BCUT2D eigenvalue weighted by Gasteiger charge is 2.13. The Morgan fingerprint density at radius 2 is 2.14 bits per heavy atom. The minimum Gasteiger partial charge on any atom is -0.310 e. The van der Waals surface area contributed by atoms with E-state index >= 15 is 0 Å². The number of nitrogens with one attached hydrogen (secondary N) is 1. The van der Waals surface area contributed by atoms with Crippen molar-refractivity contribution in [3.8, 4) is 0 Å². The number of benzene rings is 1. The molecule has 0 radical (unpaired) electrons. The lowest BCUT2D eigenvalue weighted by atomic mass is 10.0. The maximum absolute atomic E-state index is 13.0. The molecule has 0 bridgehead atoms. The first-order chi connectivity index (χ1) is 6.86. The van der Waals surface area contributed by atoms with Crippen LogP contribution in [-0.2, 0) is 0 Å². The molecule has 1 unspecified atom stereocenters. The lowest BCUT2D eigenvalue weighted by Gasteiger charge is -2.15. The zero-order valence-corrected chi connectivity index (χ0v) is 8.30. The minimum absolute atomic E-state index is 0.131. The average molecular weight is 193 g/mol. The number of hydrogen-bond acceptors (Lipinski definition) is 1. The molecule has 1 aromatic rings. The van der Waals surface area contributed by atoms with E-state index in [1.54, 1.807) is 12.1 Å². The van der Waals surface area contributed by atoms with E-state index in [1.807, 2.05) is 6.07 Å². The second-order valence-electron chi connectivity index (χ2n) is 3.91. The Hall–Kier alpha value is -0.890. The van der Waals surface area contributed by atoms with Gasteiger partial charge in [0.15, 0.2) is 0 Å². The normalized spacial score (nSPS) is 23.1. The van der Waals surface area contributed by atoms with Gasteiger partial charge >= 0.3 is 0 Å². The highest BCUT2D eigenvalue weighted by molar-refractivity contribution is 5.20. The van der Waals surface area contributed by atoms with Gasteiger partial charge in [0, 0.05) is 6.04 Å². The van der Waals surface area contributed by atoms with Crippen LogP contribution in [0.2, 0.25) is 0 Å². The second kappa shape index (κ2) is 4.56.